The van der Waals surface area contributed by atoms with E-state index in [0.29, 0.717) is 18.7 Å². The van der Waals surface area contributed by atoms with Gasteiger partial charge in [-0.3, -0.25) is 10.1 Å². The number of anilines is 1. The Morgan fingerprint density at radius 2 is 2.17 bits per heavy atom. The van der Waals surface area contributed by atoms with Crippen LogP contribution in [0.3, 0.4) is 0 Å². The van der Waals surface area contributed by atoms with Crippen LogP contribution in [0.4, 0.5) is 11.4 Å². The Balaban J connectivity index is 2.92. The number of rotatable bonds is 5. The molecule has 0 aliphatic rings. The number of hydrogen-bond acceptors (Lipinski definition) is 4. The zero-order valence-corrected chi connectivity index (χ0v) is 11.4. The van der Waals surface area contributed by atoms with E-state index in [1.165, 1.54) is 12.1 Å². The first-order chi connectivity index (χ1) is 8.26. The Morgan fingerprint density at radius 3 is 2.67 bits per heavy atom. The van der Waals surface area contributed by atoms with Crippen molar-refractivity contribution in [3.05, 3.63) is 32.8 Å². The number of hydrogen-bond donors (Lipinski definition) is 2. The summed E-state index contributed by atoms with van der Waals surface area (Å²) in [5, 5.41) is 23.7. The van der Waals surface area contributed by atoms with E-state index in [2.05, 4.69) is 5.32 Å². The highest BCUT2D eigenvalue weighted by molar-refractivity contribution is 6.33. The smallest absolute Gasteiger partial charge is 0.288 e. The number of halogens is 1. The molecule has 0 spiro atoms. The van der Waals surface area contributed by atoms with Gasteiger partial charge < -0.3 is 10.4 Å². The lowest BCUT2D eigenvalue weighted by Gasteiger charge is -2.23. The van der Waals surface area contributed by atoms with Gasteiger partial charge >= 0.3 is 0 Å². The van der Waals surface area contributed by atoms with Gasteiger partial charge in [0.1, 0.15) is 5.02 Å². The number of benzene rings is 1. The third kappa shape index (κ3) is 3.58. The van der Waals surface area contributed by atoms with Crippen LogP contribution in [0.5, 0.6) is 0 Å². The molecule has 0 saturated heterocycles. The first-order valence-electron chi connectivity index (χ1n) is 5.67. The summed E-state index contributed by atoms with van der Waals surface area (Å²) >= 11 is 5.84. The van der Waals surface area contributed by atoms with Crippen molar-refractivity contribution >= 4 is 23.0 Å². The number of nitrogens with zero attached hydrogens (tertiary/aromatic N) is 1. The molecule has 0 aliphatic heterocycles. The first kappa shape index (κ1) is 14.7. The molecule has 5 nitrogen and oxygen atoms in total. The van der Waals surface area contributed by atoms with E-state index in [4.69, 9.17) is 11.6 Å². The van der Waals surface area contributed by atoms with Gasteiger partial charge in [-0.05, 0) is 31.9 Å². The van der Waals surface area contributed by atoms with Crippen molar-refractivity contribution in [3.63, 3.8) is 0 Å². The van der Waals surface area contributed by atoms with Crippen LogP contribution in [-0.2, 0) is 0 Å². The van der Waals surface area contributed by atoms with Gasteiger partial charge in [-0.1, -0.05) is 18.5 Å². The van der Waals surface area contributed by atoms with E-state index in [1.807, 2.05) is 6.92 Å². The molecule has 1 aromatic carbocycles. The summed E-state index contributed by atoms with van der Waals surface area (Å²) in [6, 6.07) is 2.94. The molecule has 0 bridgehead atoms. The molecule has 1 rings (SSSR count). The molecular formula is C12H17ClN2O3. The van der Waals surface area contributed by atoms with Crippen molar-refractivity contribution in [2.24, 2.45) is 0 Å². The summed E-state index contributed by atoms with van der Waals surface area (Å²) in [7, 11) is 0. The minimum atomic E-state index is -0.819. The van der Waals surface area contributed by atoms with Gasteiger partial charge in [0, 0.05) is 18.3 Å². The standard InChI is InChI=1S/C12H17ClN2O3/c1-4-12(3,16)7-14-10-6-9(13)11(15(17)18)5-8(10)2/h5-6,14,16H,4,7H2,1-3H3. The maximum Gasteiger partial charge on any atom is 0.288 e. The van der Waals surface area contributed by atoms with Crippen molar-refractivity contribution in [2.75, 3.05) is 11.9 Å². The Labute approximate surface area is 111 Å². The fourth-order valence-corrected chi connectivity index (χ4v) is 1.64. The predicted molar refractivity (Wildman–Crippen MR) is 72.2 cm³/mol. The van der Waals surface area contributed by atoms with Crippen molar-refractivity contribution in [2.45, 2.75) is 32.8 Å². The van der Waals surface area contributed by atoms with Crippen LogP contribution in [0.25, 0.3) is 0 Å². The fourth-order valence-electron chi connectivity index (χ4n) is 1.41. The summed E-state index contributed by atoms with van der Waals surface area (Å²) < 4.78 is 0. The average molecular weight is 273 g/mol. The largest absolute Gasteiger partial charge is 0.388 e. The summed E-state index contributed by atoms with van der Waals surface area (Å²) in [6.07, 6.45) is 0.611. The van der Waals surface area contributed by atoms with E-state index < -0.39 is 10.5 Å². The van der Waals surface area contributed by atoms with Gasteiger partial charge in [0.25, 0.3) is 5.69 Å². The second-order valence-corrected chi connectivity index (χ2v) is 4.99. The minimum Gasteiger partial charge on any atom is -0.388 e. The molecule has 1 atom stereocenters. The third-order valence-electron chi connectivity index (χ3n) is 2.91. The number of nitro groups is 1. The van der Waals surface area contributed by atoms with Gasteiger partial charge in [-0.15, -0.1) is 0 Å². The molecule has 100 valence electrons. The lowest BCUT2D eigenvalue weighted by Crippen LogP contribution is -2.32. The van der Waals surface area contributed by atoms with Crippen molar-refractivity contribution in [3.8, 4) is 0 Å². The molecule has 0 amide bonds. The molecule has 0 radical (unpaired) electrons. The third-order valence-corrected chi connectivity index (χ3v) is 3.21. The Kier molecular flexibility index (Phi) is 4.53. The van der Waals surface area contributed by atoms with E-state index in [-0.39, 0.29) is 10.7 Å². The van der Waals surface area contributed by atoms with Gasteiger partial charge in [0.05, 0.1) is 10.5 Å². The molecular weight excluding hydrogens is 256 g/mol. The zero-order chi connectivity index (χ0) is 13.9. The summed E-state index contributed by atoms with van der Waals surface area (Å²) in [5.41, 5.74) is 0.486. The molecule has 0 saturated carbocycles. The van der Waals surface area contributed by atoms with Gasteiger partial charge in [-0.2, -0.15) is 0 Å². The number of nitro benzene ring substituents is 1. The molecule has 6 heteroatoms. The first-order valence-corrected chi connectivity index (χ1v) is 6.05. The zero-order valence-electron chi connectivity index (χ0n) is 10.7. The van der Waals surface area contributed by atoms with Crippen molar-refractivity contribution in [1.29, 1.82) is 0 Å². The van der Waals surface area contributed by atoms with Gasteiger partial charge in [0.2, 0.25) is 0 Å². The van der Waals surface area contributed by atoms with Crippen LogP contribution in [-0.4, -0.2) is 22.2 Å². The van der Waals surface area contributed by atoms with Crippen LogP contribution in [0, 0.1) is 17.0 Å². The topological polar surface area (TPSA) is 75.4 Å². The van der Waals surface area contributed by atoms with Crippen molar-refractivity contribution in [1.82, 2.24) is 0 Å². The molecule has 0 heterocycles. The summed E-state index contributed by atoms with van der Waals surface area (Å²) in [4.78, 5) is 10.2. The molecule has 18 heavy (non-hydrogen) atoms. The second kappa shape index (κ2) is 5.54. The fraction of sp³-hybridized carbons (Fsp3) is 0.500. The molecule has 0 aliphatic carbocycles. The van der Waals surface area contributed by atoms with Crippen LogP contribution in [0.15, 0.2) is 12.1 Å². The SMILES string of the molecule is CCC(C)(O)CNc1cc(Cl)c([N+](=O)[O-])cc1C. The normalized spacial score (nSPS) is 14.1. The van der Waals surface area contributed by atoms with Crippen LogP contribution < -0.4 is 5.32 Å². The predicted octanol–water partition coefficient (Wildman–Crippen LogP) is 3.13. The van der Waals surface area contributed by atoms with E-state index in [0.717, 1.165) is 5.56 Å². The quantitative estimate of drug-likeness (QED) is 0.638. The van der Waals surface area contributed by atoms with Gasteiger partial charge in [0.15, 0.2) is 0 Å². The van der Waals surface area contributed by atoms with E-state index >= 15 is 0 Å². The molecule has 0 fully saturated rings. The number of nitrogens with one attached hydrogen (secondary N) is 1. The monoisotopic (exact) mass is 272 g/mol. The van der Waals surface area contributed by atoms with Crippen molar-refractivity contribution < 1.29 is 10.0 Å². The van der Waals surface area contributed by atoms with E-state index in [9.17, 15) is 15.2 Å². The number of aliphatic hydroxyl groups is 1. The highest BCUT2D eigenvalue weighted by Gasteiger charge is 2.19. The highest BCUT2D eigenvalue weighted by Crippen LogP contribution is 2.30. The summed E-state index contributed by atoms with van der Waals surface area (Å²) in [5.74, 6) is 0. The maximum atomic E-state index is 10.7. The minimum absolute atomic E-state index is 0.0873. The van der Waals surface area contributed by atoms with Crippen LogP contribution >= 0.6 is 11.6 Å². The Hall–Kier alpha value is -1.33. The van der Waals surface area contributed by atoms with Crippen LogP contribution in [0.2, 0.25) is 5.02 Å². The average Bonchev–Trinajstić information content (AvgIpc) is 2.29. The Bertz CT molecular complexity index is 461. The molecule has 2 N–H and O–H groups in total. The molecule has 1 aromatic rings. The molecule has 1 unspecified atom stereocenters. The maximum absolute atomic E-state index is 10.7. The lowest BCUT2D eigenvalue weighted by molar-refractivity contribution is -0.384. The highest BCUT2D eigenvalue weighted by atomic mass is 35.5. The lowest BCUT2D eigenvalue weighted by atomic mass is 10.0. The summed E-state index contributed by atoms with van der Waals surface area (Å²) in [6.45, 7) is 5.73. The van der Waals surface area contributed by atoms with E-state index in [1.54, 1.807) is 13.8 Å². The second-order valence-electron chi connectivity index (χ2n) is 4.58. The number of aryl methyl sites for hydroxylation is 1. The van der Waals surface area contributed by atoms with Gasteiger partial charge in [-0.25, -0.2) is 0 Å². The van der Waals surface area contributed by atoms with Crippen LogP contribution in [0.1, 0.15) is 25.8 Å². The Morgan fingerprint density at radius 1 is 1.56 bits per heavy atom. The molecule has 0 aromatic heterocycles.